The molecule has 1 heterocycles. The van der Waals surface area contributed by atoms with Crippen LogP contribution < -0.4 is 14.8 Å². The van der Waals surface area contributed by atoms with Gasteiger partial charge in [-0.05, 0) is 49.2 Å². The molecule has 0 spiro atoms. The first-order valence-electron chi connectivity index (χ1n) is 9.54. The van der Waals surface area contributed by atoms with E-state index in [1.165, 1.54) is 19.4 Å². The van der Waals surface area contributed by atoms with Gasteiger partial charge in [-0.25, -0.2) is 4.79 Å². The van der Waals surface area contributed by atoms with Crippen molar-refractivity contribution in [1.29, 1.82) is 5.26 Å². The second kappa shape index (κ2) is 11.9. The molecule has 0 aliphatic rings. The van der Waals surface area contributed by atoms with Crippen LogP contribution in [0.1, 0.15) is 23.8 Å². The summed E-state index contributed by atoms with van der Waals surface area (Å²) in [4.78, 5) is 23.9. The van der Waals surface area contributed by atoms with E-state index >= 15 is 0 Å². The minimum Gasteiger partial charge on any atom is -0.490 e. The predicted octanol–water partition coefficient (Wildman–Crippen LogP) is 3.18. The smallest absolute Gasteiger partial charge is 0.343 e. The van der Waals surface area contributed by atoms with Crippen molar-refractivity contribution in [2.45, 2.75) is 19.9 Å². The van der Waals surface area contributed by atoms with E-state index in [0.717, 1.165) is 0 Å². The number of hydrogen-bond acceptors (Lipinski definition) is 7. The molecule has 0 aliphatic heterocycles. The number of allylic oxidation sites excluding steroid dienone is 1. The van der Waals surface area contributed by atoms with Gasteiger partial charge in [-0.3, -0.25) is 4.79 Å². The monoisotopic (exact) mass is 424 g/mol. The summed E-state index contributed by atoms with van der Waals surface area (Å²) >= 11 is 0. The second-order valence-corrected chi connectivity index (χ2v) is 6.23. The zero-order valence-electron chi connectivity index (χ0n) is 17.5. The van der Waals surface area contributed by atoms with Crippen molar-refractivity contribution in [3.8, 4) is 17.6 Å². The third-order valence-corrected chi connectivity index (χ3v) is 4.06. The Hall–Kier alpha value is -3.99. The summed E-state index contributed by atoms with van der Waals surface area (Å²) in [5, 5.41) is 12.1. The van der Waals surface area contributed by atoms with Gasteiger partial charge in [0.25, 0.3) is 5.91 Å². The molecule has 0 saturated heterocycles. The summed E-state index contributed by atoms with van der Waals surface area (Å²) < 4.78 is 21.1. The van der Waals surface area contributed by atoms with E-state index < -0.39 is 11.9 Å². The van der Waals surface area contributed by atoms with Gasteiger partial charge < -0.3 is 23.9 Å². The van der Waals surface area contributed by atoms with Crippen molar-refractivity contribution in [2.75, 3.05) is 20.3 Å². The Balaban J connectivity index is 2.34. The largest absolute Gasteiger partial charge is 0.490 e. The van der Waals surface area contributed by atoms with E-state index in [1.807, 2.05) is 13.0 Å². The standard InChI is InChI=1S/C23H24N2O6/c1-4-7-17-10-16(12-20(29-5-2)22(17)31-15-21(26)28-3)11-18(13-24)23(27)25-14-19-8-6-9-30-19/h4,6,8-12H,1,5,7,14-15H2,2-3H3,(H,25,27)/b18-11-. The number of nitriles is 1. The fraction of sp³-hybridized carbons (Fsp3) is 0.261. The molecule has 1 aromatic heterocycles. The molecule has 0 unspecified atom stereocenters. The molecule has 1 N–H and O–H groups in total. The van der Waals surface area contributed by atoms with Crippen molar-refractivity contribution < 1.29 is 28.2 Å². The maximum atomic E-state index is 12.4. The van der Waals surface area contributed by atoms with Gasteiger partial charge in [0.05, 0.1) is 26.5 Å². The second-order valence-electron chi connectivity index (χ2n) is 6.23. The molecule has 0 radical (unpaired) electrons. The van der Waals surface area contributed by atoms with Crippen LogP contribution in [0.2, 0.25) is 0 Å². The average molecular weight is 424 g/mol. The number of carbonyl (C=O) groups excluding carboxylic acids is 2. The van der Waals surface area contributed by atoms with E-state index in [9.17, 15) is 14.9 Å². The Morgan fingerprint density at radius 2 is 2.13 bits per heavy atom. The molecule has 8 heteroatoms. The number of nitrogens with zero attached hydrogens (tertiary/aromatic N) is 1. The molecular formula is C23H24N2O6. The van der Waals surface area contributed by atoms with E-state index in [1.54, 1.807) is 30.3 Å². The molecule has 1 amide bonds. The minimum atomic E-state index is -0.534. The van der Waals surface area contributed by atoms with Crippen LogP contribution in [-0.2, 0) is 27.3 Å². The van der Waals surface area contributed by atoms with Crippen LogP contribution in [0.25, 0.3) is 6.08 Å². The number of carbonyl (C=O) groups is 2. The number of hydrogen-bond donors (Lipinski definition) is 1. The Bertz CT molecular complexity index is 986. The fourth-order valence-corrected chi connectivity index (χ4v) is 2.68. The van der Waals surface area contributed by atoms with Gasteiger partial charge in [0.1, 0.15) is 17.4 Å². The highest BCUT2D eigenvalue weighted by atomic mass is 16.6. The first kappa shape index (κ1) is 23.3. The molecule has 0 bridgehead atoms. The molecule has 8 nitrogen and oxygen atoms in total. The Labute approximate surface area is 180 Å². The van der Waals surface area contributed by atoms with Crippen molar-refractivity contribution >= 4 is 18.0 Å². The molecule has 0 atom stereocenters. The summed E-state index contributed by atoms with van der Waals surface area (Å²) in [7, 11) is 1.27. The highest BCUT2D eigenvalue weighted by Crippen LogP contribution is 2.34. The van der Waals surface area contributed by atoms with Crippen LogP contribution in [-0.4, -0.2) is 32.2 Å². The number of ether oxygens (including phenoxy) is 3. The van der Waals surface area contributed by atoms with Crippen molar-refractivity contribution in [3.63, 3.8) is 0 Å². The van der Waals surface area contributed by atoms with Gasteiger partial charge in [0.15, 0.2) is 18.1 Å². The summed E-state index contributed by atoms with van der Waals surface area (Å²) in [5.74, 6) is 0.268. The van der Waals surface area contributed by atoms with Crippen LogP contribution in [0.3, 0.4) is 0 Å². The lowest BCUT2D eigenvalue weighted by molar-refractivity contribution is -0.142. The van der Waals surface area contributed by atoms with Crippen LogP contribution in [0, 0.1) is 11.3 Å². The van der Waals surface area contributed by atoms with Crippen molar-refractivity contribution in [3.05, 3.63) is 65.6 Å². The highest BCUT2D eigenvalue weighted by Gasteiger charge is 2.16. The van der Waals surface area contributed by atoms with Gasteiger partial charge in [-0.1, -0.05) is 6.08 Å². The van der Waals surface area contributed by atoms with E-state index in [-0.39, 0.29) is 18.7 Å². The summed E-state index contributed by atoms with van der Waals surface area (Å²) in [6.07, 6.45) is 5.05. The SMILES string of the molecule is C=CCc1cc(/C=C(/C#N)C(=O)NCc2ccco2)cc(OCC)c1OCC(=O)OC. The molecule has 0 saturated carbocycles. The third-order valence-electron chi connectivity index (χ3n) is 4.06. The Morgan fingerprint density at radius 3 is 2.74 bits per heavy atom. The maximum Gasteiger partial charge on any atom is 0.343 e. The number of nitrogens with one attached hydrogen (secondary N) is 1. The van der Waals surface area contributed by atoms with E-state index in [4.69, 9.17) is 13.9 Å². The fourth-order valence-electron chi connectivity index (χ4n) is 2.68. The average Bonchev–Trinajstić information content (AvgIpc) is 3.29. The number of amides is 1. The normalized spacial score (nSPS) is 10.7. The summed E-state index contributed by atoms with van der Waals surface area (Å²) in [6, 6.07) is 8.73. The predicted molar refractivity (Wildman–Crippen MR) is 113 cm³/mol. The van der Waals surface area contributed by atoms with Crippen LogP contribution in [0.15, 0.2) is 53.2 Å². The molecule has 2 aromatic rings. The van der Waals surface area contributed by atoms with Gasteiger partial charge in [-0.2, -0.15) is 5.26 Å². The number of esters is 1. The number of rotatable bonds is 11. The molecule has 0 fully saturated rings. The topological polar surface area (TPSA) is 111 Å². The zero-order valence-corrected chi connectivity index (χ0v) is 17.5. The zero-order chi connectivity index (χ0) is 22.6. The van der Waals surface area contributed by atoms with Crippen LogP contribution >= 0.6 is 0 Å². The molecule has 162 valence electrons. The number of benzene rings is 1. The third kappa shape index (κ3) is 6.78. The van der Waals surface area contributed by atoms with E-state index in [0.29, 0.717) is 41.4 Å². The molecule has 2 rings (SSSR count). The first-order chi connectivity index (χ1) is 15.0. The van der Waals surface area contributed by atoms with E-state index in [2.05, 4.69) is 16.6 Å². The molecule has 31 heavy (non-hydrogen) atoms. The maximum absolute atomic E-state index is 12.4. The summed E-state index contributed by atoms with van der Waals surface area (Å²) in [6.45, 7) is 5.78. The molecule has 0 aliphatic carbocycles. The first-order valence-corrected chi connectivity index (χ1v) is 9.54. The van der Waals surface area contributed by atoms with Gasteiger partial charge in [0, 0.05) is 5.56 Å². The molecule has 1 aromatic carbocycles. The van der Waals surface area contributed by atoms with Crippen molar-refractivity contribution in [2.24, 2.45) is 0 Å². The summed E-state index contributed by atoms with van der Waals surface area (Å²) in [5.41, 5.74) is 1.17. The van der Waals surface area contributed by atoms with Gasteiger partial charge >= 0.3 is 5.97 Å². The Morgan fingerprint density at radius 1 is 1.32 bits per heavy atom. The lowest BCUT2D eigenvalue weighted by atomic mass is 10.0. The highest BCUT2D eigenvalue weighted by molar-refractivity contribution is 6.01. The van der Waals surface area contributed by atoms with Crippen LogP contribution in [0.5, 0.6) is 11.5 Å². The quantitative estimate of drug-likeness (QED) is 0.255. The lowest BCUT2D eigenvalue weighted by Crippen LogP contribution is -2.23. The number of methoxy groups -OCH3 is 1. The van der Waals surface area contributed by atoms with Gasteiger partial charge in [0.2, 0.25) is 0 Å². The Kier molecular flexibility index (Phi) is 8.92. The van der Waals surface area contributed by atoms with Crippen molar-refractivity contribution in [1.82, 2.24) is 5.32 Å². The lowest BCUT2D eigenvalue weighted by Gasteiger charge is -2.16. The number of furan rings is 1. The van der Waals surface area contributed by atoms with Gasteiger partial charge in [-0.15, -0.1) is 6.58 Å². The minimum absolute atomic E-state index is 0.0817. The molecular weight excluding hydrogens is 400 g/mol. The van der Waals surface area contributed by atoms with Crippen LogP contribution in [0.4, 0.5) is 0 Å².